The zero-order chi connectivity index (χ0) is 10.8. The molecule has 1 aliphatic rings. The van der Waals surface area contributed by atoms with Gasteiger partial charge in [0.1, 0.15) is 0 Å². The number of benzene rings is 1. The second-order valence-electron chi connectivity index (χ2n) is 3.16. The number of Topliss-reactive ketones (excluding diaryl/α,β-unsaturated/α-hetero) is 1. The first-order valence-corrected chi connectivity index (χ1v) is 5.27. The van der Waals surface area contributed by atoms with Gasteiger partial charge >= 0.3 is 0 Å². The van der Waals surface area contributed by atoms with Crippen LogP contribution in [0.1, 0.15) is 16.8 Å². The lowest BCUT2D eigenvalue weighted by molar-refractivity contribution is 0.0942. The van der Waals surface area contributed by atoms with Crippen molar-refractivity contribution in [2.45, 2.75) is 6.42 Å². The summed E-state index contributed by atoms with van der Waals surface area (Å²) in [7, 11) is 0. The first-order chi connectivity index (χ1) is 7.18. The fraction of sp³-hybridized carbons (Fsp3) is 0.182. The molecule has 15 heavy (non-hydrogen) atoms. The minimum absolute atomic E-state index is 0.186. The van der Waals surface area contributed by atoms with Crippen LogP contribution in [0.15, 0.2) is 30.0 Å². The molecule has 0 atom stereocenters. The van der Waals surface area contributed by atoms with E-state index in [-0.39, 0.29) is 5.78 Å². The van der Waals surface area contributed by atoms with Gasteiger partial charge in [0.25, 0.3) is 0 Å². The van der Waals surface area contributed by atoms with Crippen molar-refractivity contribution in [2.75, 3.05) is 6.61 Å². The quantitative estimate of drug-likeness (QED) is 0.743. The van der Waals surface area contributed by atoms with Crippen LogP contribution >= 0.6 is 23.2 Å². The van der Waals surface area contributed by atoms with Gasteiger partial charge in [0.2, 0.25) is 5.78 Å². The smallest absolute Gasteiger partial charge is 0.228 e. The third-order valence-corrected chi connectivity index (χ3v) is 2.65. The minimum Gasteiger partial charge on any atom is -0.489 e. The van der Waals surface area contributed by atoms with Crippen molar-refractivity contribution in [2.24, 2.45) is 0 Å². The Morgan fingerprint density at radius 3 is 2.73 bits per heavy atom. The molecule has 0 saturated carbocycles. The highest BCUT2D eigenvalue weighted by Gasteiger charge is 2.19. The lowest BCUT2D eigenvalue weighted by Gasteiger charge is -2.04. The summed E-state index contributed by atoms with van der Waals surface area (Å²) < 4.78 is 5.17. The number of carbonyl (C=O) groups is 1. The summed E-state index contributed by atoms with van der Waals surface area (Å²) in [6, 6.07) is 4.79. The molecule has 0 aromatic heterocycles. The van der Waals surface area contributed by atoms with Crippen LogP contribution in [0.2, 0.25) is 10.0 Å². The van der Waals surface area contributed by atoms with Gasteiger partial charge in [-0.1, -0.05) is 23.2 Å². The fourth-order valence-corrected chi connectivity index (χ4v) is 1.88. The fourth-order valence-electron chi connectivity index (χ4n) is 1.38. The number of hydrogen-bond donors (Lipinski definition) is 0. The summed E-state index contributed by atoms with van der Waals surface area (Å²) in [6.45, 7) is 0.562. The van der Waals surface area contributed by atoms with E-state index < -0.39 is 0 Å². The number of carbonyl (C=O) groups excluding carboxylic acids is 1. The largest absolute Gasteiger partial charge is 0.489 e. The summed E-state index contributed by atoms with van der Waals surface area (Å²) in [6.07, 6.45) is 2.54. The van der Waals surface area contributed by atoms with Gasteiger partial charge in [0.05, 0.1) is 11.6 Å². The van der Waals surface area contributed by atoms with Crippen molar-refractivity contribution in [1.82, 2.24) is 0 Å². The zero-order valence-electron chi connectivity index (χ0n) is 7.80. The molecular weight excluding hydrogens is 235 g/mol. The molecule has 0 aliphatic carbocycles. The van der Waals surface area contributed by atoms with Crippen LogP contribution in [0, 0.1) is 0 Å². The summed E-state index contributed by atoms with van der Waals surface area (Å²) >= 11 is 11.7. The molecule has 2 rings (SSSR count). The van der Waals surface area contributed by atoms with Gasteiger partial charge in [0.15, 0.2) is 5.76 Å². The Kier molecular flexibility index (Phi) is 2.98. The molecule has 0 bridgehead atoms. The minimum atomic E-state index is -0.186. The van der Waals surface area contributed by atoms with Gasteiger partial charge in [-0.25, -0.2) is 0 Å². The number of ether oxygens (including phenoxy) is 1. The van der Waals surface area contributed by atoms with E-state index in [0.29, 0.717) is 28.0 Å². The van der Waals surface area contributed by atoms with Crippen molar-refractivity contribution < 1.29 is 9.53 Å². The maximum Gasteiger partial charge on any atom is 0.228 e. The van der Waals surface area contributed by atoms with Crippen molar-refractivity contribution >= 4 is 29.0 Å². The number of allylic oxidation sites excluding steroid dienone is 1. The van der Waals surface area contributed by atoms with Crippen molar-refractivity contribution in [3.05, 3.63) is 45.6 Å². The predicted molar refractivity (Wildman–Crippen MR) is 59.4 cm³/mol. The number of hydrogen-bond acceptors (Lipinski definition) is 2. The van der Waals surface area contributed by atoms with Crippen molar-refractivity contribution in [1.29, 1.82) is 0 Å². The van der Waals surface area contributed by atoms with Crippen molar-refractivity contribution in [3.8, 4) is 0 Å². The Morgan fingerprint density at radius 2 is 2.13 bits per heavy atom. The number of rotatable bonds is 2. The van der Waals surface area contributed by atoms with Gasteiger partial charge in [-0.05, 0) is 24.3 Å². The summed E-state index contributed by atoms with van der Waals surface area (Å²) in [4.78, 5) is 11.9. The van der Waals surface area contributed by atoms with Crippen LogP contribution in [-0.4, -0.2) is 12.4 Å². The topological polar surface area (TPSA) is 26.3 Å². The standard InChI is InChI=1S/C11H8Cl2O2/c12-7-3-4-8(9(13)6-7)11(14)10-2-1-5-15-10/h2-4,6H,1,5H2. The molecule has 1 heterocycles. The molecule has 0 N–H and O–H groups in total. The molecule has 0 amide bonds. The maximum atomic E-state index is 11.9. The van der Waals surface area contributed by atoms with Gasteiger partial charge in [-0.2, -0.15) is 0 Å². The van der Waals surface area contributed by atoms with Gasteiger partial charge in [-0.3, -0.25) is 4.79 Å². The Morgan fingerprint density at radius 1 is 1.33 bits per heavy atom. The van der Waals surface area contributed by atoms with Gasteiger partial charge in [-0.15, -0.1) is 0 Å². The molecule has 1 aromatic rings. The summed E-state index contributed by atoms with van der Waals surface area (Å²) in [5, 5.41) is 0.863. The van der Waals surface area contributed by atoms with E-state index in [1.807, 2.05) is 0 Å². The molecule has 0 radical (unpaired) electrons. The highest BCUT2D eigenvalue weighted by Crippen LogP contribution is 2.25. The average molecular weight is 243 g/mol. The predicted octanol–water partition coefficient (Wildman–Crippen LogP) is 3.48. The van der Waals surface area contributed by atoms with Crippen LogP contribution in [0.5, 0.6) is 0 Å². The number of halogens is 2. The lowest BCUT2D eigenvalue weighted by atomic mass is 10.1. The van der Waals surface area contributed by atoms with Crippen LogP contribution in [0.3, 0.4) is 0 Å². The van der Waals surface area contributed by atoms with E-state index in [9.17, 15) is 4.79 Å². The van der Waals surface area contributed by atoms with Crippen LogP contribution in [0.4, 0.5) is 0 Å². The Hall–Kier alpha value is -0.990. The van der Waals surface area contributed by atoms with E-state index in [1.165, 1.54) is 0 Å². The molecule has 78 valence electrons. The third-order valence-electron chi connectivity index (χ3n) is 2.10. The Labute approximate surface area is 97.4 Å². The third kappa shape index (κ3) is 2.16. The van der Waals surface area contributed by atoms with Gasteiger partial charge in [0, 0.05) is 17.0 Å². The van der Waals surface area contributed by atoms with E-state index in [1.54, 1.807) is 24.3 Å². The highest BCUT2D eigenvalue weighted by molar-refractivity contribution is 6.37. The molecule has 1 aliphatic heterocycles. The molecular formula is C11H8Cl2O2. The second-order valence-corrected chi connectivity index (χ2v) is 4.00. The average Bonchev–Trinajstić information content (AvgIpc) is 2.69. The van der Waals surface area contributed by atoms with E-state index >= 15 is 0 Å². The molecule has 2 nitrogen and oxygen atoms in total. The molecule has 4 heteroatoms. The Balaban J connectivity index is 2.33. The first-order valence-electron chi connectivity index (χ1n) is 4.51. The van der Waals surface area contributed by atoms with Crippen LogP contribution < -0.4 is 0 Å². The highest BCUT2D eigenvalue weighted by atomic mass is 35.5. The maximum absolute atomic E-state index is 11.9. The van der Waals surface area contributed by atoms with Crippen LogP contribution in [0.25, 0.3) is 0 Å². The first kappa shape index (κ1) is 10.5. The van der Waals surface area contributed by atoms with Crippen molar-refractivity contribution in [3.63, 3.8) is 0 Å². The molecule has 0 spiro atoms. The van der Waals surface area contributed by atoms with E-state index in [0.717, 1.165) is 6.42 Å². The second kappa shape index (κ2) is 4.25. The molecule has 0 saturated heterocycles. The van der Waals surface area contributed by atoms with E-state index in [4.69, 9.17) is 27.9 Å². The Bertz CT molecular complexity index is 438. The van der Waals surface area contributed by atoms with Crippen LogP contribution in [-0.2, 0) is 4.74 Å². The molecule has 1 aromatic carbocycles. The van der Waals surface area contributed by atoms with E-state index in [2.05, 4.69) is 0 Å². The normalized spacial score (nSPS) is 14.7. The zero-order valence-corrected chi connectivity index (χ0v) is 9.31. The molecule has 0 fully saturated rings. The lowest BCUT2D eigenvalue weighted by Crippen LogP contribution is -2.04. The SMILES string of the molecule is O=C(C1=CCCO1)c1ccc(Cl)cc1Cl. The monoisotopic (exact) mass is 242 g/mol. The molecule has 0 unspecified atom stereocenters. The number of ketones is 1. The summed E-state index contributed by atoms with van der Waals surface area (Å²) in [5.41, 5.74) is 0.425. The summed E-state index contributed by atoms with van der Waals surface area (Å²) in [5.74, 6) is 0.188. The van der Waals surface area contributed by atoms with Gasteiger partial charge < -0.3 is 4.74 Å².